The molecule has 10 nitrogen and oxygen atoms in total. The Morgan fingerprint density at radius 1 is 1.13 bits per heavy atom. The maximum absolute atomic E-state index is 13.4. The Labute approximate surface area is 219 Å². The summed E-state index contributed by atoms with van der Waals surface area (Å²) in [4.78, 5) is 65.7. The first kappa shape index (κ1) is 30.6. The van der Waals surface area contributed by atoms with Gasteiger partial charge in [-0.15, -0.1) is 13.2 Å². The largest absolute Gasteiger partial charge is 0.522 e. The molecule has 220 valence electrons. The third kappa shape index (κ3) is 5.84. The fourth-order valence-electron chi connectivity index (χ4n) is 6.10. The first-order chi connectivity index (χ1) is 17.8. The van der Waals surface area contributed by atoms with Gasteiger partial charge in [0.05, 0.1) is 5.92 Å². The minimum Gasteiger partial charge on any atom is -0.368 e. The molecule has 1 saturated carbocycles. The van der Waals surface area contributed by atoms with E-state index in [9.17, 15) is 50.3 Å². The highest BCUT2D eigenvalue weighted by molar-refractivity contribution is 6.36. The zero-order chi connectivity index (χ0) is 29.6. The van der Waals surface area contributed by atoms with Crippen LogP contribution in [0.2, 0.25) is 0 Å². The van der Waals surface area contributed by atoms with E-state index in [4.69, 9.17) is 5.73 Å². The monoisotopic (exact) mass is 572 g/mol. The fourth-order valence-corrected chi connectivity index (χ4v) is 6.10. The number of rotatable bonds is 8. The first-order valence-electron chi connectivity index (χ1n) is 12.3. The van der Waals surface area contributed by atoms with Crippen LogP contribution in [0.15, 0.2) is 0 Å². The molecule has 0 radical (unpaired) electrons. The minimum absolute atomic E-state index is 0.167. The highest BCUT2D eigenvalue weighted by atomic mass is 19.4. The number of primary amides is 1. The molecule has 2 heterocycles. The van der Waals surface area contributed by atoms with Crippen molar-refractivity contribution in [1.82, 2.24) is 15.5 Å². The smallest absolute Gasteiger partial charge is 0.368 e. The number of nitrogens with two attached hydrogens (primary N) is 1. The van der Waals surface area contributed by atoms with Crippen LogP contribution in [0, 0.1) is 23.7 Å². The van der Waals surface area contributed by atoms with E-state index in [-0.39, 0.29) is 25.9 Å². The van der Waals surface area contributed by atoms with Crippen LogP contribution in [0.25, 0.3) is 0 Å². The van der Waals surface area contributed by atoms with Gasteiger partial charge in [-0.25, -0.2) is 0 Å². The van der Waals surface area contributed by atoms with Crippen molar-refractivity contribution in [2.75, 3.05) is 19.7 Å². The van der Waals surface area contributed by atoms with Gasteiger partial charge in [0.2, 0.25) is 11.8 Å². The molecule has 0 aromatic carbocycles. The summed E-state index contributed by atoms with van der Waals surface area (Å²) in [7, 11) is 0. The molecule has 16 heteroatoms. The lowest BCUT2D eigenvalue weighted by Gasteiger charge is -2.45. The Balaban J connectivity index is 2.09. The van der Waals surface area contributed by atoms with E-state index < -0.39 is 89.7 Å². The molecule has 0 aromatic rings. The van der Waals surface area contributed by atoms with Gasteiger partial charge in [-0.2, -0.15) is 13.2 Å². The Bertz CT molecular complexity index is 1030. The van der Waals surface area contributed by atoms with E-state index in [1.807, 2.05) is 0 Å². The molecule has 1 aliphatic carbocycles. The molecule has 4 N–H and O–H groups in total. The number of ether oxygens (including phenoxy) is 1. The molecule has 3 rings (SSSR count). The maximum atomic E-state index is 13.4. The lowest BCUT2D eigenvalue weighted by atomic mass is 9.67. The van der Waals surface area contributed by atoms with E-state index in [1.54, 1.807) is 5.32 Å². The van der Waals surface area contributed by atoms with Gasteiger partial charge in [-0.3, -0.25) is 28.7 Å². The number of fused-ring (bicyclic) bond motifs is 1. The molecule has 0 spiro atoms. The third-order valence-electron chi connectivity index (χ3n) is 8.04. The van der Waals surface area contributed by atoms with Gasteiger partial charge >= 0.3 is 24.4 Å². The van der Waals surface area contributed by atoms with Gasteiger partial charge in [-0.1, -0.05) is 6.42 Å². The van der Waals surface area contributed by atoms with Gasteiger partial charge in [0.15, 0.2) is 5.78 Å². The van der Waals surface area contributed by atoms with Crippen LogP contribution >= 0.6 is 0 Å². The maximum Gasteiger partial charge on any atom is 0.522 e. The second kappa shape index (κ2) is 10.6. The molecule has 3 aliphatic rings. The van der Waals surface area contributed by atoms with Crippen LogP contribution in [-0.2, 0) is 28.7 Å². The Morgan fingerprint density at radius 2 is 1.77 bits per heavy atom. The second-order valence-electron chi connectivity index (χ2n) is 10.7. The van der Waals surface area contributed by atoms with Crippen LogP contribution < -0.4 is 16.4 Å². The second-order valence-corrected chi connectivity index (χ2v) is 10.7. The summed E-state index contributed by atoms with van der Waals surface area (Å²) in [6, 6.07) is 0. The van der Waals surface area contributed by atoms with Crippen molar-refractivity contribution < 1.29 is 55.1 Å². The van der Waals surface area contributed by atoms with Crippen molar-refractivity contribution in [2.45, 2.75) is 69.6 Å². The third-order valence-corrected chi connectivity index (χ3v) is 8.04. The molecule has 5 atom stereocenters. The molecule has 0 bridgehead atoms. The number of carbonyl (C=O) groups is 5. The number of hydrogen-bond donors (Lipinski definition) is 3. The number of nitrogens with one attached hydrogen (secondary N) is 2. The van der Waals surface area contributed by atoms with Crippen molar-refractivity contribution >= 4 is 29.4 Å². The molecule has 2 aliphatic heterocycles. The molecule has 3 unspecified atom stereocenters. The lowest BCUT2D eigenvalue weighted by Crippen LogP contribution is -2.68. The van der Waals surface area contributed by atoms with Crippen molar-refractivity contribution in [2.24, 2.45) is 29.4 Å². The van der Waals surface area contributed by atoms with Crippen molar-refractivity contribution in [3.63, 3.8) is 0 Å². The number of Topliss-reactive ketones (excluding diaryl/α,β-unsaturated/α-hetero) is 1. The van der Waals surface area contributed by atoms with Gasteiger partial charge in [0.1, 0.15) is 17.7 Å². The van der Waals surface area contributed by atoms with Crippen molar-refractivity contribution in [3.05, 3.63) is 0 Å². The quantitative estimate of drug-likeness (QED) is 0.294. The SMILES string of the molecule is CC(C)(NC(=O)C(=O)N1CC2CCCC2C1(C(N)=O)[C@H](C[C@H]1CCNC1=O)C(=O)COC(F)(F)F)C(F)(F)F. The Morgan fingerprint density at radius 3 is 2.28 bits per heavy atom. The number of alkyl halides is 6. The average molecular weight is 573 g/mol. The zero-order valence-corrected chi connectivity index (χ0v) is 21.2. The highest BCUT2D eigenvalue weighted by Crippen LogP contribution is 2.53. The van der Waals surface area contributed by atoms with Crippen LogP contribution in [0.4, 0.5) is 26.3 Å². The number of ketones is 1. The van der Waals surface area contributed by atoms with Crippen molar-refractivity contribution in [3.8, 4) is 0 Å². The van der Waals surface area contributed by atoms with Gasteiger partial charge in [0, 0.05) is 19.0 Å². The summed E-state index contributed by atoms with van der Waals surface area (Å²) in [6.45, 7) is -0.497. The average Bonchev–Trinajstić information content (AvgIpc) is 3.49. The molecule has 2 saturated heterocycles. The van der Waals surface area contributed by atoms with Gasteiger partial charge in [-0.05, 0) is 51.4 Å². The minimum atomic E-state index is -5.23. The molecular formula is C23H30F6N4O6. The standard InChI is InChI=1S/C23H30F6N4O6/c1-20(2,22(24,25)26)32-17(36)18(37)33-9-12-4-3-5-13(12)21(33,19(30)38)14(8-11-6-7-31-16(11)35)15(34)10-39-23(27,28)29/h11-14H,3-10H2,1-2H3,(H2,30,38)(H,31,35)(H,32,36)/t11-,12?,13?,14-,21?/m1/s1. The summed E-state index contributed by atoms with van der Waals surface area (Å²) < 4.78 is 82.3. The summed E-state index contributed by atoms with van der Waals surface area (Å²) in [5.41, 5.74) is 0.556. The van der Waals surface area contributed by atoms with Crippen LogP contribution in [-0.4, -0.2) is 77.6 Å². The summed E-state index contributed by atoms with van der Waals surface area (Å²) in [5, 5.41) is 4.09. The van der Waals surface area contributed by atoms with Gasteiger partial charge < -0.3 is 21.3 Å². The molecular weight excluding hydrogens is 542 g/mol. The zero-order valence-electron chi connectivity index (χ0n) is 21.2. The number of hydrogen-bond acceptors (Lipinski definition) is 6. The van der Waals surface area contributed by atoms with Crippen LogP contribution in [0.1, 0.15) is 46.0 Å². The first-order valence-corrected chi connectivity index (χ1v) is 12.3. The number of amides is 4. The topological polar surface area (TPSA) is 148 Å². The van der Waals surface area contributed by atoms with E-state index in [1.165, 1.54) is 0 Å². The summed E-state index contributed by atoms with van der Waals surface area (Å²) in [6.07, 6.45) is -9.40. The predicted octanol–water partition coefficient (Wildman–Crippen LogP) is 1.17. The number of likely N-dealkylation sites (tertiary alicyclic amines) is 1. The van der Waals surface area contributed by atoms with E-state index in [0.717, 1.165) is 0 Å². The fraction of sp³-hybridized carbons (Fsp3) is 0.783. The molecule has 4 amide bonds. The Hall–Kier alpha value is -2.91. The molecule has 39 heavy (non-hydrogen) atoms. The number of carbonyl (C=O) groups excluding carboxylic acids is 5. The van der Waals surface area contributed by atoms with Crippen LogP contribution in [0.3, 0.4) is 0 Å². The van der Waals surface area contributed by atoms with E-state index in [0.29, 0.717) is 31.6 Å². The molecule has 0 aromatic heterocycles. The van der Waals surface area contributed by atoms with Gasteiger partial charge in [0.25, 0.3) is 0 Å². The van der Waals surface area contributed by atoms with E-state index in [2.05, 4.69) is 10.1 Å². The van der Waals surface area contributed by atoms with Crippen molar-refractivity contribution in [1.29, 1.82) is 0 Å². The van der Waals surface area contributed by atoms with E-state index >= 15 is 0 Å². The lowest BCUT2D eigenvalue weighted by molar-refractivity contribution is -0.321. The summed E-state index contributed by atoms with van der Waals surface area (Å²) >= 11 is 0. The molecule has 3 fully saturated rings. The predicted molar refractivity (Wildman–Crippen MR) is 119 cm³/mol. The normalized spacial score (nSPS) is 28.2. The number of halogens is 6. The van der Waals surface area contributed by atoms with Crippen LogP contribution in [0.5, 0.6) is 0 Å². The highest BCUT2D eigenvalue weighted by Gasteiger charge is 2.66. The number of nitrogens with zero attached hydrogens (tertiary/aromatic N) is 1. The Kier molecular flexibility index (Phi) is 8.31. The summed E-state index contributed by atoms with van der Waals surface area (Å²) in [5.74, 6) is -10.6.